The fraction of sp³-hybridized carbons (Fsp3) is 0.562. The van der Waals surface area contributed by atoms with Crippen molar-refractivity contribution in [2.45, 2.75) is 32.9 Å². The summed E-state index contributed by atoms with van der Waals surface area (Å²) in [6.45, 7) is 8.86. The minimum atomic E-state index is 0.143. The molecule has 1 fully saturated rings. The van der Waals surface area contributed by atoms with Crippen LogP contribution in [-0.2, 0) is 6.54 Å². The van der Waals surface area contributed by atoms with Gasteiger partial charge in [0, 0.05) is 31.2 Å². The van der Waals surface area contributed by atoms with Crippen molar-refractivity contribution in [2.24, 2.45) is 5.73 Å². The van der Waals surface area contributed by atoms with Crippen molar-refractivity contribution >= 4 is 5.84 Å². The fourth-order valence-corrected chi connectivity index (χ4v) is 2.92. The molecule has 0 radical (unpaired) electrons. The maximum absolute atomic E-state index is 7.50. The molecule has 1 heterocycles. The molecule has 1 aliphatic heterocycles. The molecule has 4 nitrogen and oxygen atoms in total. The Morgan fingerprint density at radius 2 is 2.15 bits per heavy atom. The van der Waals surface area contributed by atoms with Crippen LogP contribution in [0.1, 0.15) is 30.0 Å². The van der Waals surface area contributed by atoms with E-state index in [2.05, 4.69) is 36.8 Å². The number of aryl methyl sites for hydroxylation is 1. The molecule has 0 spiro atoms. The predicted octanol–water partition coefficient (Wildman–Crippen LogP) is 1.81. The molecule has 1 atom stereocenters. The number of nitrogen functional groups attached to an aromatic ring is 1. The van der Waals surface area contributed by atoms with Gasteiger partial charge in [-0.3, -0.25) is 10.3 Å². The van der Waals surface area contributed by atoms with Crippen LogP contribution in [-0.4, -0.2) is 48.4 Å². The van der Waals surface area contributed by atoms with Gasteiger partial charge < -0.3 is 10.6 Å². The van der Waals surface area contributed by atoms with Crippen LogP contribution < -0.4 is 5.73 Å². The van der Waals surface area contributed by atoms with E-state index in [9.17, 15) is 0 Å². The van der Waals surface area contributed by atoms with Gasteiger partial charge >= 0.3 is 0 Å². The average Bonchev–Trinajstić information content (AvgIpc) is 2.53. The molecule has 0 aromatic heterocycles. The van der Waals surface area contributed by atoms with E-state index in [1.54, 1.807) is 0 Å². The van der Waals surface area contributed by atoms with Crippen molar-refractivity contribution < 1.29 is 0 Å². The number of nitrogens with one attached hydrogen (secondary N) is 1. The molecule has 0 amide bonds. The summed E-state index contributed by atoms with van der Waals surface area (Å²) in [5, 5.41) is 7.50. The van der Waals surface area contributed by atoms with Crippen LogP contribution in [0.5, 0.6) is 0 Å². The lowest BCUT2D eigenvalue weighted by atomic mass is 10.0. The Morgan fingerprint density at radius 1 is 1.40 bits per heavy atom. The number of hydrogen-bond donors (Lipinski definition) is 2. The second kappa shape index (κ2) is 6.37. The molecule has 0 aliphatic carbocycles. The minimum absolute atomic E-state index is 0.143. The van der Waals surface area contributed by atoms with Gasteiger partial charge in [0.1, 0.15) is 5.84 Å². The summed E-state index contributed by atoms with van der Waals surface area (Å²) in [6, 6.07) is 6.67. The molecule has 3 N–H and O–H groups in total. The number of likely N-dealkylation sites (N-methyl/N-ethyl adjacent to an activating group) is 1. The van der Waals surface area contributed by atoms with Crippen LogP contribution in [0.3, 0.4) is 0 Å². The lowest BCUT2D eigenvalue weighted by Crippen LogP contribution is -2.37. The first-order valence-electron chi connectivity index (χ1n) is 7.34. The molecule has 4 heteroatoms. The second-order valence-electron chi connectivity index (χ2n) is 5.99. The van der Waals surface area contributed by atoms with Gasteiger partial charge in [0.2, 0.25) is 0 Å². The van der Waals surface area contributed by atoms with E-state index < -0.39 is 0 Å². The number of hydrogen-bond acceptors (Lipinski definition) is 3. The van der Waals surface area contributed by atoms with Gasteiger partial charge in [-0.05, 0) is 51.1 Å². The highest BCUT2D eigenvalue weighted by Crippen LogP contribution is 2.17. The van der Waals surface area contributed by atoms with Gasteiger partial charge in [0.25, 0.3) is 0 Å². The summed E-state index contributed by atoms with van der Waals surface area (Å²) in [5.74, 6) is 0.143. The highest BCUT2D eigenvalue weighted by molar-refractivity contribution is 5.95. The van der Waals surface area contributed by atoms with E-state index in [-0.39, 0.29) is 5.84 Å². The minimum Gasteiger partial charge on any atom is -0.384 e. The van der Waals surface area contributed by atoms with E-state index in [0.29, 0.717) is 6.04 Å². The normalized spacial score (nSPS) is 21.6. The SMILES string of the molecule is Cc1cc(C(=N)N)ccc1CN1CCCN(C)CC1C. The van der Waals surface area contributed by atoms with Crippen molar-refractivity contribution in [3.8, 4) is 0 Å². The number of rotatable bonds is 3. The molecule has 2 rings (SSSR count). The summed E-state index contributed by atoms with van der Waals surface area (Å²) in [6.07, 6.45) is 1.23. The predicted molar refractivity (Wildman–Crippen MR) is 84.2 cm³/mol. The Morgan fingerprint density at radius 3 is 2.80 bits per heavy atom. The Balaban J connectivity index is 2.11. The highest BCUT2D eigenvalue weighted by Gasteiger charge is 2.20. The fourth-order valence-electron chi connectivity index (χ4n) is 2.92. The lowest BCUT2D eigenvalue weighted by Gasteiger charge is -2.28. The van der Waals surface area contributed by atoms with E-state index in [0.717, 1.165) is 25.2 Å². The third kappa shape index (κ3) is 3.58. The van der Waals surface area contributed by atoms with E-state index >= 15 is 0 Å². The van der Waals surface area contributed by atoms with Gasteiger partial charge in [-0.15, -0.1) is 0 Å². The molecular weight excluding hydrogens is 248 g/mol. The molecule has 1 aliphatic rings. The quantitative estimate of drug-likeness (QED) is 0.653. The second-order valence-corrected chi connectivity index (χ2v) is 5.99. The van der Waals surface area contributed by atoms with Crippen molar-refractivity contribution in [2.75, 3.05) is 26.7 Å². The van der Waals surface area contributed by atoms with Crippen molar-refractivity contribution in [3.05, 3.63) is 34.9 Å². The van der Waals surface area contributed by atoms with Crippen LogP contribution >= 0.6 is 0 Å². The number of nitrogens with zero attached hydrogens (tertiary/aromatic N) is 2. The molecule has 110 valence electrons. The Hall–Kier alpha value is -1.39. The van der Waals surface area contributed by atoms with E-state index in [4.69, 9.17) is 11.1 Å². The number of nitrogens with two attached hydrogens (primary N) is 1. The molecular formula is C16H26N4. The largest absolute Gasteiger partial charge is 0.384 e. The molecule has 20 heavy (non-hydrogen) atoms. The molecule has 1 saturated heterocycles. The van der Waals surface area contributed by atoms with Crippen LogP contribution in [0.2, 0.25) is 0 Å². The Labute approximate surface area is 122 Å². The molecule has 1 unspecified atom stereocenters. The maximum Gasteiger partial charge on any atom is 0.122 e. The molecule has 1 aromatic carbocycles. The molecule has 1 aromatic rings. The van der Waals surface area contributed by atoms with E-state index in [1.807, 2.05) is 12.1 Å². The van der Waals surface area contributed by atoms with Crippen molar-refractivity contribution in [1.82, 2.24) is 9.80 Å². The van der Waals surface area contributed by atoms with E-state index in [1.165, 1.54) is 24.1 Å². The van der Waals surface area contributed by atoms with Crippen LogP contribution in [0, 0.1) is 12.3 Å². The zero-order valence-corrected chi connectivity index (χ0v) is 12.8. The monoisotopic (exact) mass is 274 g/mol. The summed E-state index contributed by atoms with van der Waals surface area (Å²) in [7, 11) is 2.20. The van der Waals surface area contributed by atoms with Gasteiger partial charge in [0.15, 0.2) is 0 Å². The number of amidine groups is 1. The van der Waals surface area contributed by atoms with Gasteiger partial charge in [-0.25, -0.2) is 0 Å². The first-order chi connectivity index (χ1) is 9.47. The number of benzene rings is 1. The summed E-state index contributed by atoms with van der Waals surface area (Å²) < 4.78 is 0. The first kappa shape index (κ1) is 15.0. The lowest BCUT2D eigenvalue weighted by molar-refractivity contribution is 0.194. The summed E-state index contributed by atoms with van der Waals surface area (Å²) in [5.41, 5.74) is 8.92. The standard InChI is InChI=1S/C16H26N4/c1-12-9-14(16(17)18)5-6-15(12)11-20-8-4-7-19(3)10-13(20)2/h5-6,9,13H,4,7-8,10-11H2,1-3H3,(H3,17,18). The van der Waals surface area contributed by atoms with Crippen LogP contribution in [0.15, 0.2) is 18.2 Å². The van der Waals surface area contributed by atoms with Gasteiger partial charge in [-0.2, -0.15) is 0 Å². The van der Waals surface area contributed by atoms with Crippen molar-refractivity contribution in [1.29, 1.82) is 5.41 Å². The summed E-state index contributed by atoms with van der Waals surface area (Å²) >= 11 is 0. The Kier molecular flexibility index (Phi) is 4.78. The van der Waals surface area contributed by atoms with Crippen molar-refractivity contribution in [3.63, 3.8) is 0 Å². The zero-order valence-electron chi connectivity index (χ0n) is 12.8. The van der Waals surface area contributed by atoms with Gasteiger partial charge in [0.05, 0.1) is 0 Å². The van der Waals surface area contributed by atoms with Crippen LogP contribution in [0.25, 0.3) is 0 Å². The van der Waals surface area contributed by atoms with Gasteiger partial charge in [-0.1, -0.05) is 12.1 Å². The topological polar surface area (TPSA) is 56.4 Å². The highest BCUT2D eigenvalue weighted by atomic mass is 15.2. The first-order valence-corrected chi connectivity index (χ1v) is 7.34. The average molecular weight is 274 g/mol. The van der Waals surface area contributed by atoms with Crippen LogP contribution in [0.4, 0.5) is 0 Å². The smallest absolute Gasteiger partial charge is 0.122 e. The third-order valence-corrected chi connectivity index (χ3v) is 4.21. The summed E-state index contributed by atoms with van der Waals surface area (Å²) in [4.78, 5) is 4.97. The zero-order chi connectivity index (χ0) is 14.7. The third-order valence-electron chi connectivity index (χ3n) is 4.21. The molecule has 0 saturated carbocycles. The Bertz CT molecular complexity index is 483. The maximum atomic E-state index is 7.50. The molecule has 0 bridgehead atoms.